The van der Waals surface area contributed by atoms with E-state index in [1.54, 1.807) is 17.0 Å². The molecule has 5 nitrogen and oxygen atoms in total. The van der Waals surface area contributed by atoms with E-state index in [1.165, 1.54) is 23.1 Å². The molecule has 0 N–H and O–H groups in total. The Morgan fingerprint density at radius 2 is 1.34 bits per heavy atom. The normalized spacial score (nSPS) is 14.7. The van der Waals surface area contributed by atoms with Crippen LogP contribution in [0.15, 0.2) is 48.5 Å². The van der Waals surface area contributed by atoms with E-state index in [0.717, 1.165) is 11.8 Å². The summed E-state index contributed by atoms with van der Waals surface area (Å²) in [5.41, 5.74) is 0.210. The number of anilines is 1. The number of carbonyl (C=O) groups excluding carboxylic acids is 2. The molecule has 2 amide bonds. The van der Waals surface area contributed by atoms with Crippen molar-refractivity contribution >= 4 is 17.5 Å². The average Bonchev–Trinajstić information content (AvgIpc) is 2.72. The van der Waals surface area contributed by atoms with Gasteiger partial charge in [0.1, 0.15) is 0 Å². The molecular formula is C21H22F3N3O2. The molecule has 0 radical (unpaired) electrons. The predicted octanol–water partition coefficient (Wildman–Crippen LogP) is 3.37. The van der Waals surface area contributed by atoms with Gasteiger partial charge in [0.25, 0.3) is 11.8 Å². The zero-order valence-electron chi connectivity index (χ0n) is 16.2. The van der Waals surface area contributed by atoms with Crippen LogP contribution in [0.5, 0.6) is 0 Å². The SMILES string of the molecule is CN(C)c1ccc(C(=O)N2CCN(C(=O)c3ccccc3C(F)(F)F)CC2)cc1. The Morgan fingerprint density at radius 3 is 1.86 bits per heavy atom. The Morgan fingerprint density at radius 1 is 0.828 bits per heavy atom. The van der Waals surface area contributed by atoms with E-state index >= 15 is 0 Å². The highest BCUT2D eigenvalue weighted by Gasteiger charge is 2.36. The third-order valence-corrected chi connectivity index (χ3v) is 4.95. The van der Waals surface area contributed by atoms with Crippen LogP contribution in [0.25, 0.3) is 0 Å². The zero-order chi connectivity index (χ0) is 21.2. The number of carbonyl (C=O) groups is 2. The fourth-order valence-electron chi connectivity index (χ4n) is 3.28. The molecule has 1 heterocycles. The van der Waals surface area contributed by atoms with Crippen LogP contribution in [0, 0.1) is 0 Å². The molecule has 0 bridgehead atoms. The fraction of sp³-hybridized carbons (Fsp3) is 0.333. The Labute approximate surface area is 167 Å². The van der Waals surface area contributed by atoms with Crippen LogP contribution in [-0.2, 0) is 6.18 Å². The summed E-state index contributed by atoms with van der Waals surface area (Å²) in [6.45, 7) is 0.918. The van der Waals surface area contributed by atoms with Gasteiger partial charge in [-0.2, -0.15) is 13.2 Å². The van der Waals surface area contributed by atoms with Crippen molar-refractivity contribution in [2.24, 2.45) is 0 Å². The third kappa shape index (κ3) is 4.52. The van der Waals surface area contributed by atoms with Gasteiger partial charge in [0.05, 0.1) is 11.1 Å². The molecule has 0 aromatic heterocycles. The Hall–Kier alpha value is -3.03. The van der Waals surface area contributed by atoms with Crippen molar-refractivity contribution in [3.05, 3.63) is 65.2 Å². The number of piperazine rings is 1. The van der Waals surface area contributed by atoms with E-state index < -0.39 is 17.6 Å². The first-order valence-corrected chi connectivity index (χ1v) is 9.20. The fourth-order valence-corrected chi connectivity index (χ4v) is 3.28. The van der Waals surface area contributed by atoms with E-state index in [0.29, 0.717) is 5.56 Å². The van der Waals surface area contributed by atoms with Crippen LogP contribution in [0.4, 0.5) is 18.9 Å². The molecule has 0 atom stereocenters. The van der Waals surface area contributed by atoms with Gasteiger partial charge in [-0.1, -0.05) is 12.1 Å². The molecule has 0 aliphatic carbocycles. The number of amides is 2. The topological polar surface area (TPSA) is 43.9 Å². The molecule has 1 fully saturated rings. The van der Waals surface area contributed by atoms with Crippen molar-refractivity contribution < 1.29 is 22.8 Å². The van der Waals surface area contributed by atoms with E-state index in [4.69, 9.17) is 0 Å². The molecule has 29 heavy (non-hydrogen) atoms. The van der Waals surface area contributed by atoms with E-state index in [9.17, 15) is 22.8 Å². The van der Waals surface area contributed by atoms with Crippen molar-refractivity contribution in [2.45, 2.75) is 6.18 Å². The van der Waals surface area contributed by atoms with E-state index in [2.05, 4.69) is 0 Å². The maximum Gasteiger partial charge on any atom is 0.417 e. The van der Waals surface area contributed by atoms with Gasteiger partial charge in [-0.3, -0.25) is 9.59 Å². The Bertz CT molecular complexity index is 887. The number of halogens is 3. The summed E-state index contributed by atoms with van der Waals surface area (Å²) in [5.74, 6) is -0.821. The first-order chi connectivity index (χ1) is 13.7. The molecule has 1 saturated heterocycles. The molecule has 0 spiro atoms. The van der Waals surface area contributed by atoms with E-state index in [1.807, 2.05) is 31.1 Å². The summed E-state index contributed by atoms with van der Waals surface area (Å²) >= 11 is 0. The minimum atomic E-state index is -4.59. The highest BCUT2D eigenvalue weighted by molar-refractivity contribution is 5.97. The largest absolute Gasteiger partial charge is 0.417 e. The van der Waals surface area contributed by atoms with Crippen molar-refractivity contribution in [1.29, 1.82) is 0 Å². The van der Waals surface area contributed by atoms with Gasteiger partial charge in [-0.25, -0.2) is 0 Å². The second kappa shape index (κ2) is 8.14. The van der Waals surface area contributed by atoms with Gasteiger partial charge < -0.3 is 14.7 Å². The second-order valence-corrected chi connectivity index (χ2v) is 7.07. The average molecular weight is 405 g/mol. The molecule has 154 valence electrons. The summed E-state index contributed by atoms with van der Waals surface area (Å²) < 4.78 is 39.5. The smallest absolute Gasteiger partial charge is 0.378 e. The molecular weight excluding hydrogens is 383 g/mol. The molecule has 8 heteroatoms. The molecule has 0 saturated carbocycles. The molecule has 2 aromatic rings. The monoisotopic (exact) mass is 405 g/mol. The van der Waals surface area contributed by atoms with Gasteiger partial charge in [0.15, 0.2) is 0 Å². The molecule has 3 rings (SSSR count). The van der Waals surface area contributed by atoms with Crippen molar-refractivity contribution in [1.82, 2.24) is 9.80 Å². The molecule has 1 aliphatic heterocycles. The van der Waals surface area contributed by atoms with Crippen molar-refractivity contribution in [3.63, 3.8) is 0 Å². The lowest BCUT2D eigenvalue weighted by Crippen LogP contribution is -2.50. The molecule has 2 aromatic carbocycles. The van der Waals surface area contributed by atoms with Gasteiger partial charge in [-0.15, -0.1) is 0 Å². The van der Waals surface area contributed by atoms with Gasteiger partial charge in [-0.05, 0) is 36.4 Å². The lowest BCUT2D eigenvalue weighted by Gasteiger charge is -2.35. The molecule has 0 unspecified atom stereocenters. The predicted molar refractivity (Wildman–Crippen MR) is 104 cm³/mol. The van der Waals surface area contributed by atoms with Crippen molar-refractivity contribution in [2.75, 3.05) is 45.2 Å². The van der Waals surface area contributed by atoms with Crippen molar-refractivity contribution in [3.8, 4) is 0 Å². The maximum atomic E-state index is 13.2. The third-order valence-electron chi connectivity index (χ3n) is 4.95. The van der Waals surface area contributed by atoms with Gasteiger partial charge >= 0.3 is 6.18 Å². The van der Waals surface area contributed by atoms with Crippen LogP contribution in [0.2, 0.25) is 0 Å². The van der Waals surface area contributed by atoms with Crippen LogP contribution in [0.1, 0.15) is 26.3 Å². The quantitative estimate of drug-likeness (QED) is 0.787. The number of hydrogen-bond acceptors (Lipinski definition) is 3. The minimum Gasteiger partial charge on any atom is -0.378 e. The Balaban J connectivity index is 1.66. The maximum absolute atomic E-state index is 13.2. The van der Waals surface area contributed by atoms with Crippen LogP contribution < -0.4 is 4.90 Å². The first kappa shape index (κ1) is 20.7. The highest BCUT2D eigenvalue weighted by atomic mass is 19.4. The lowest BCUT2D eigenvalue weighted by molar-refractivity contribution is -0.138. The number of alkyl halides is 3. The first-order valence-electron chi connectivity index (χ1n) is 9.20. The van der Waals surface area contributed by atoms with Gasteiger partial charge in [0.2, 0.25) is 0 Å². The molecule has 1 aliphatic rings. The van der Waals surface area contributed by atoms with Crippen LogP contribution >= 0.6 is 0 Å². The lowest BCUT2D eigenvalue weighted by atomic mass is 10.1. The van der Waals surface area contributed by atoms with E-state index in [-0.39, 0.29) is 37.6 Å². The zero-order valence-corrected chi connectivity index (χ0v) is 16.2. The second-order valence-electron chi connectivity index (χ2n) is 7.07. The number of hydrogen-bond donors (Lipinski definition) is 0. The standard InChI is InChI=1S/C21H22F3N3O2/c1-25(2)16-9-7-15(8-10-16)19(28)26-11-13-27(14-12-26)20(29)17-5-3-4-6-18(17)21(22,23)24/h3-10H,11-14H2,1-2H3. The Kier molecular flexibility index (Phi) is 5.81. The highest BCUT2D eigenvalue weighted by Crippen LogP contribution is 2.32. The van der Waals surface area contributed by atoms with Gasteiger partial charge in [0, 0.05) is 51.5 Å². The number of rotatable bonds is 3. The summed E-state index contributed by atoms with van der Waals surface area (Å²) in [7, 11) is 3.81. The summed E-state index contributed by atoms with van der Waals surface area (Å²) in [6.07, 6.45) is -4.59. The number of nitrogens with zero attached hydrogens (tertiary/aromatic N) is 3. The number of benzene rings is 2. The van der Waals surface area contributed by atoms with Crippen LogP contribution in [-0.4, -0.2) is 61.9 Å². The van der Waals surface area contributed by atoms with Crippen LogP contribution in [0.3, 0.4) is 0 Å². The minimum absolute atomic E-state index is 0.155. The summed E-state index contributed by atoms with van der Waals surface area (Å²) in [4.78, 5) is 30.2. The summed E-state index contributed by atoms with van der Waals surface area (Å²) in [5, 5.41) is 0. The summed E-state index contributed by atoms with van der Waals surface area (Å²) in [6, 6.07) is 12.0.